The molecule has 0 aliphatic carbocycles. The number of fused-ring (bicyclic) bond motifs is 1. The molecule has 2 aromatic heterocycles. The van der Waals surface area contributed by atoms with E-state index in [9.17, 15) is 9.59 Å². The Hall–Kier alpha value is -2.60. The number of Topliss-reactive ketones (excluding diaryl/α,β-unsaturated/α-hetero) is 1. The molecule has 38 heavy (non-hydrogen) atoms. The molecule has 1 fully saturated rings. The fourth-order valence-corrected chi connectivity index (χ4v) is 6.79. The van der Waals surface area contributed by atoms with Crippen molar-refractivity contribution in [2.75, 3.05) is 11.9 Å². The highest BCUT2D eigenvalue weighted by Crippen LogP contribution is 2.39. The van der Waals surface area contributed by atoms with E-state index in [1.54, 1.807) is 18.3 Å². The van der Waals surface area contributed by atoms with Gasteiger partial charge >= 0.3 is 5.97 Å². The Morgan fingerprint density at radius 1 is 1.24 bits per heavy atom. The molecule has 2 N–H and O–H groups in total. The van der Waals surface area contributed by atoms with Crippen LogP contribution >= 0.6 is 45.9 Å². The molecule has 0 spiro atoms. The molecule has 2 aromatic carbocycles. The van der Waals surface area contributed by atoms with E-state index in [0.717, 1.165) is 32.9 Å². The van der Waals surface area contributed by atoms with Crippen molar-refractivity contribution in [1.29, 1.82) is 0 Å². The minimum atomic E-state index is -0.834. The van der Waals surface area contributed by atoms with Gasteiger partial charge in [0.2, 0.25) is 0 Å². The topological polar surface area (TPSA) is 105 Å². The number of carbonyl (C=O) groups is 2. The zero-order valence-corrected chi connectivity index (χ0v) is 23.5. The number of thiazole rings is 2. The average molecular weight is 592 g/mol. The van der Waals surface area contributed by atoms with Crippen LogP contribution in [-0.4, -0.2) is 38.4 Å². The molecule has 0 radical (unpaired) electrons. The molecule has 1 aliphatic rings. The number of rotatable bonds is 10. The monoisotopic (exact) mass is 590 g/mol. The zero-order chi connectivity index (χ0) is 26.8. The predicted molar refractivity (Wildman–Crippen MR) is 151 cm³/mol. The summed E-state index contributed by atoms with van der Waals surface area (Å²) in [5, 5.41) is 16.5. The molecule has 8 nitrogen and oxygen atoms in total. The Labute approximate surface area is 237 Å². The van der Waals surface area contributed by atoms with Gasteiger partial charge in [-0.15, -0.1) is 11.3 Å². The summed E-state index contributed by atoms with van der Waals surface area (Å²) in [6.07, 6.45) is 3.15. The van der Waals surface area contributed by atoms with Crippen LogP contribution in [0.1, 0.15) is 53.8 Å². The van der Waals surface area contributed by atoms with E-state index in [2.05, 4.69) is 15.3 Å². The van der Waals surface area contributed by atoms with Gasteiger partial charge in [-0.1, -0.05) is 46.7 Å². The van der Waals surface area contributed by atoms with Crippen LogP contribution in [0.3, 0.4) is 0 Å². The third-order valence-corrected chi connectivity index (χ3v) is 8.87. The maximum absolute atomic E-state index is 12.6. The number of benzene rings is 2. The van der Waals surface area contributed by atoms with Crippen LogP contribution in [0.25, 0.3) is 10.2 Å². The molecule has 1 saturated heterocycles. The zero-order valence-electron chi connectivity index (χ0n) is 20.3. The normalized spacial score (nSPS) is 16.7. The van der Waals surface area contributed by atoms with Gasteiger partial charge in [0.1, 0.15) is 10.5 Å². The Balaban J connectivity index is 1.31. The number of halogens is 2. The first-order valence-electron chi connectivity index (χ1n) is 12.0. The first-order valence-corrected chi connectivity index (χ1v) is 14.4. The highest BCUT2D eigenvalue weighted by Gasteiger charge is 2.33. The lowest BCUT2D eigenvalue weighted by atomic mass is 10.1. The van der Waals surface area contributed by atoms with E-state index in [1.165, 1.54) is 29.6 Å². The van der Waals surface area contributed by atoms with Gasteiger partial charge in [0.05, 0.1) is 32.9 Å². The summed E-state index contributed by atoms with van der Waals surface area (Å²) >= 11 is 15.8. The van der Waals surface area contributed by atoms with Crippen molar-refractivity contribution in [1.82, 2.24) is 15.0 Å². The second kappa shape index (κ2) is 11.6. The van der Waals surface area contributed by atoms with Crippen LogP contribution < -0.4 is 5.32 Å². The molecule has 0 bridgehead atoms. The van der Waals surface area contributed by atoms with Gasteiger partial charge in [0.25, 0.3) is 0 Å². The number of aromatic nitrogens is 2. The number of ketones is 1. The molecule has 12 heteroatoms. The van der Waals surface area contributed by atoms with Crippen LogP contribution in [0, 0.1) is 0 Å². The number of hydroxylamine groups is 2. The van der Waals surface area contributed by atoms with Gasteiger partial charge in [-0.25, -0.2) is 9.97 Å². The van der Waals surface area contributed by atoms with Crippen molar-refractivity contribution >= 4 is 78.7 Å². The van der Waals surface area contributed by atoms with Gasteiger partial charge in [-0.05, 0) is 56.0 Å². The molecular formula is C26H24Cl2N4O4S2. The van der Waals surface area contributed by atoms with Crippen LogP contribution in [-0.2, 0) is 20.8 Å². The molecule has 198 valence electrons. The summed E-state index contributed by atoms with van der Waals surface area (Å²) in [5.74, 6) is -0.978. The molecule has 5 rings (SSSR count). The van der Waals surface area contributed by atoms with Gasteiger partial charge in [-0.3, -0.25) is 14.4 Å². The van der Waals surface area contributed by atoms with E-state index in [4.69, 9.17) is 33.1 Å². The maximum atomic E-state index is 12.6. The minimum Gasteiger partial charge on any atom is -0.481 e. The molecule has 0 saturated carbocycles. The fourth-order valence-electron chi connectivity index (χ4n) is 4.32. The summed E-state index contributed by atoms with van der Waals surface area (Å²) in [7, 11) is 0. The number of aliphatic carboxylic acids is 1. The Morgan fingerprint density at radius 2 is 2.08 bits per heavy atom. The molecule has 0 amide bonds. The van der Waals surface area contributed by atoms with Crippen LogP contribution in [0.15, 0.2) is 42.6 Å². The molecule has 4 aromatic rings. The van der Waals surface area contributed by atoms with Crippen molar-refractivity contribution in [3.63, 3.8) is 0 Å². The highest BCUT2D eigenvalue weighted by molar-refractivity contribution is 7.22. The van der Waals surface area contributed by atoms with Gasteiger partial charge in [0, 0.05) is 17.6 Å². The van der Waals surface area contributed by atoms with E-state index in [0.29, 0.717) is 39.4 Å². The Bertz CT molecular complexity index is 1490. The summed E-state index contributed by atoms with van der Waals surface area (Å²) in [6.45, 7) is 2.15. The number of aryl methyl sites for hydroxylation is 1. The lowest BCUT2D eigenvalue weighted by Crippen LogP contribution is -2.28. The summed E-state index contributed by atoms with van der Waals surface area (Å²) in [5.41, 5.74) is 2.03. The number of anilines is 2. The SMILES string of the molecule is CC(=O)C(ON1CCC[C@H]1c1ncc(CCC(=O)O)s1)c1ccc(Nc2nc3c(Cl)cccc3s2)c(Cl)c1. The van der Waals surface area contributed by atoms with Gasteiger partial charge in [-0.2, -0.15) is 5.06 Å². The number of carboxylic acids is 1. The van der Waals surface area contributed by atoms with E-state index < -0.39 is 12.1 Å². The number of hydrogen-bond donors (Lipinski definition) is 2. The summed E-state index contributed by atoms with van der Waals surface area (Å²) in [4.78, 5) is 39.8. The standard InChI is InChI=1S/C26H24Cl2N4O4S2/c1-14(33)24(36-32-11-3-5-20(32)25-29-13-16(37-25)8-10-22(34)35)15-7-9-19(18(28)12-15)30-26-31-23-17(27)4-2-6-21(23)38-26/h2,4,6-7,9,12-13,20,24H,3,5,8,10-11H2,1H3,(H,30,31)(H,34,35)/t20-,24?/m0/s1. The number of carboxylic acid groups (broad SMARTS) is 1. The molecular weight excluding hydrogens is 567 g/mol. The number of carbonyl (C=O) groups excluding carboxylic acids is 1. The highest BCUT2D eigenvalue weighted by atomic mass is 35.5. The summed E-state index contributed by atoms with van der Waals surface area (Å²) < 4.78 is 0.965. The third-order valence-electron chi connectivity index (χ3n) is 6.16. The lowest BCUT2D eigenvalue weighted by Gasteiger charge is -2.27. The van der Waals surface area contributed by atoms with Gasteiger partial charge < -0.3 is 10.4 Å². The second-order valence-corrected chi connectivity index (χ2v) is 11.9. The van der Waals surface area contributed by atoms with Crippen LogP contribution in [0.2, 0.25) is 10.0 Å². The van der Waals surface area contributed by atoms with E-state index in [1.807, 2.05) is 29.3 Å². The van der Waals surface area contributed by atoms with Crippen molar-refractivity contribution < 1.29 is 19.5 Å². The Kier molecular flexibility index (Phi) is 8.27. The first-order chi connectivity index (χ1) is 18.3. The van der Waals surface area contributed by atoms with E-state index >= 15 is 0 Å². The van der Waals surface area contributed by atoms with Crippen molar-refractivity contribution in [3.8, 4) is 0 Å². The second-order valence-electron chi connectivity index (χ2n) is 8.92. The average Bonchev–Trinajstić information content (AvgIpc) is 3.62. The van der Waals surface area contributed by atoms with Crippen LogP contribution in [0.4, 0.5) is 10.8 Å². The molecule has 2 atom stereocenters. The van der Waals surface area contributed by atoms with E-state index in [-0.39, 0.29) is 18.2 Å². The smallest absolute Gasteiger partial charge is 0.303 e. The number of para-hydroxylation sites is 1. The number of nitrogens with one attached hydrogen (secondary N) is 1. The first kappa shape index (κ1) is 27.0. The van der Waals surface area contributed by atoms with Gasteiger partial charge in [0.15, 0.2) is 17.0 Å². The molecule has 1 unspecified atom stereocenters. The number of nitrogens with zero attached hydrogens (tertiary/aromatic N) is 3. The molecule has 3 heterocycles. The van der Waals surface area contributed by atoms with Crippen molar-refractivity contribution in [3.05, 3.63) is 68.1 Å². The quantitative estimate of drug-likeness (QED) is 0.199. The largest absolute Gasteiger partial charge is 0.481 e. The van der Waals surface area contributed by atoms with Crippen molar-refractivity contribution in [2.45, 2.75) is 44.8 Å². The lowest BCUT2D eigenvalue weighted by molar-refractivity contribution is -0.209. The maximum Gasteiger partial charge on any atom is 0.303 e. The fraction of sp³-hybridized carbons (Fsp3) is 0.308. The van der Waals surface area contributed by atoms with Crippen LogP contribution in [0.5, 0.6) is 0 Å². The minimum absolute atomic E-state index is 0.0667. The number of hydrogen-bond acceptors (Lipinski definition) is 9. The molecule has 1 aliphatic heterocycles. The Morgan fingerprint density at radius 3 is 2.82 bits per heavy atom. The predicted octanol–water partition coefficient (Wildman–Crippen LogP) is 7.22. The van der Waals surface area contributed by atoms with Crippen molar-refractivity contribution in [2.24, 2.45) is 0 Å². The summed E-state index contributed by atoms with van der Waals surface area (Å²) in [6, 6.07) is 10.9. The third kappa shape index (κ3) is 6.01.